The first kappa shape index (κ1) is 18.3. The van der Waals surface area contributed by atoms with Gasteiger partial charge in [-0.25, -0.2) is 8.42 Å². The molecule has 120 valence electrons. The van der Waals surface area contributed by atoms with Gasteiger partial charge < -0.3 is 5.73 Å². The molecule has 2 N–H and O–H groups in total. The van der Waals surface area contributed by atoms with Crippen molar-refractivity contribution in [2.24, 2.45) is 11.1 Å². The molecule has 0 unspecified atom stereocenters. The maximum atomic E-state index is 12.6. The summed E-state index contributed by atoms with van der Waals surface area (Å²) in [6.07, 6.45) is 0. The topological polar surface area (TPSA) is 107 Å². The Morgan fingerprint density at radius 2 is 2.10 bits per heavy atom. The molecule has 1 aromatic heterocycles. The van der Waals surface area contributed by atoms with Crippen LogP contribution >= 0.6 is 22.9 Å². The first-order chi connectivity index (χ1) is 9.55. The molecule has 10 heteroatoms. The van der Waals surface area contributed by atoms with Gasteiger partial charge in [0.05, 0.1) is 4.92 Å². The number of nitrogens with zero attached hydrogens (tertiary/aromatic N) is 2. The highest BCUT2D eigenvalue weighted by Crippen LogP contribution is 2.37. The van der Waals surface area contributed by atoms with E-state index in [0.29, 0.717) is 17.9 Å². The van der Waals surface area contributed by atoms with E-state index in [0.717, 1.165) is 6.07 Å². The lowest BCUT2D eigenvalue weighted by Gasteiger charge is -2.29. The van der Waals surface area contributed by atoms with Crippen molar-refractivity contribution in [2.75, 3.05) is 19.6 Å². The van der Waals surface area contributed by atoms with Gasteiger partial charge in [0, 0.05) is 19.2 Å². The van der Waals surface area contributed by atoms with Gasteiger partial charge in [-0.1, -0.05) is 32.4 Å². The van der Waals surface area contributed by atoms with E-state index >= 15 is 0 Å². The van der Waals surface area contributed by atoms with Crippen molar-refractivity contribution < 1.29 is 13.3 Å². The average Bonchev–Trinajstić information content (AvgIpc) is 2.78. The monoisotopic (exact) mass is 355 g/mol. The Balaban J connectivity index is 3.19. The molecule has 0 spiro atoms. The van der Waals surface area contributed by atoms with Gasteiger partial charge in [-0.3, -0.25) is 10.1 Å². The molecule has 0 aliphatic heterocycles. The Bertz CT molecular complexity index is 627. The fraction of sp³-hybridized carbons (Fsp3) is 0.636. The van der Waals surface area contributed by atoms with E-state index in [1.54, 1.807) is 6.92 Å². The maximum Gasteiger partial charge on any atom is 0.300 e. The van der Waals surface area contributed by atoms with Crippen LogP contribution in [-0.2, 0) is 10.0 Å². The van der Waals surface area contributed by atoms with Crippen molar-refractivity contribution in [3.8, 4) is 0 Å². The van der Waals surface area contributed by atoms with Crippen molar-refractivity contribution in [2.45, 2.75) is 25.0 Å². The molecule has 0 saturated carbocycles. The van der Waals surface area contributed by atoms with Crippen molar-refractivity contribution in [3.05, 3.63) is 20.5 Å². The second-order valence-corrected chi connectivity index (χ2v) is 9.10. The van der Waals surface area contributed by atoms with Crippen LogP contribution in [-0.4, -0.2) is 37.3 Å². The summed E-state index contributed by atoms with van der Waals surface area (Å²) in [4.78, 5) is 10.1. The molecule has 1 heterocycles. The molecule has 0 radical (unpaired) electrons. The largest absolute Gasteiger partial charge is 0.330 e. The molecule has 7 nitrogen and oxygen atoms in total. The summed E-state index contributed by atoms with van der Waals surface area (Å²) < 4.78 is 26.1. The Kier molecular flexibility index (Phi) is 5.73. The van der Waals surface area contributed by atoms with Crippen LogP contribution in [0.3, 0.4) is 0 Å². The third kappa shape index (κ3) is 4.13. The van der Waals surface area contributed by atoms with Crippen LogP contribution in [0.4, 0.5) is 5.69 Å². The van der Waals surface area contributed by atoms with E-state index in [1.165, 1.54) is 4.31 Å². The number of sulfonamides is 1. The van der Waals surface area contributed by atoms with E-state index in [9.17, 15) is 18.5 Å². The highest BCUT2D eigenvalue weighted by atomic mass is 35.5. The summed E-state index contributed by atoms with van der Waals surface area (Å²) in [6.45, 7) is 6.21. The zero-order valence-corrected chi connectivity index (χ0v) is 14.4. The van der Waals surface area contributed by atoms with E-state index in [-0.39, 0.29) is 21.6 Å². The first-order valence-corrected chi connectivity index (χ1v) is 8.82. The van der Waals surface area contributed by atoms with Gasteiger partial charge in [0.1, 0.15) is 4.21 Å². The molecule has 1 aromatic rings. The Morgan fingerprint density at radius 1 is 1.52 bits per heavy atom. The number of halogens is 1. The van der Waals surface area contributed by atoms with Crippen LogP contribution in [0.15, 0.2) is 10.3 Å². The van der Waals surface area contributed by atoms with Gasteiger partial charge in [-0.15, -0.1) is 11.3 Å². The second kappa shape index (κ2) is 6.57. The van der Waals surface area contributed by atoms with Crippen molar-refractivity contribution >= 4 is 38.6 Å². The minimum Gasteiger partial charge on any atom is -0.330 e. The number of thiophene rings is 1. The van der Waals surface area contributed by atoms with Crippen molar-refractivity contribution in [1.29, 1.82) is 0 Å². The fourth-order valence-corrected chi connectivity index (χ4v) is 5.08. The summed E-state index contributed by atoms with van der Waals surface area (Å²) >= 11 is 6.42. The zero-order chi connectivity index (χ0) is 16.4. The molecule has 0 atom stereocenters. The minimum atomic E-state index is -3.82. The van der Waals surface area contributed by atoms with Crippen LogP contribution in [0.25, 0.3) is 0 Å². The van der Waals surface area contributed by atoms with E-state index < -0.39 is 26.0 Å². The quantitative estimate of drug-likeness (QED) is 0.596. The molecule has 0 aromatic carbocycles. The number of hydrogen-bond donors (Lipinski definition) is 1. The zero-order valence-electron chi connectivity index (χ0n) is 12.0. The predicted octanol–water partition coefficient (Wildman–Crippen LogP) is 2.31. The standard InChI is InChI=1S/C11H18ClN3O4S2/c1-4-14(7-11(2,3)6-13)21(18,19)9-5-8(15(16)17)10(12)20-9/h5H,4,6-7,13H2,1-3H3. The second-order valence-electron chi connectivity index (χ2n) is 5.28. The van der Waals surface area contributed by atoms with Crippen LogP contribution < -0.4 is 5.73 Å². The first-order valence-electron chi connectivity index (χ1n) is 6.19. The third-order valence-electron chi connectivity index (χ3n) is 2.95. The number of rotatable bonds is 7. The summed E-state index contributed by atoms with van der Waals surface area (Å²) in [6, 6.07) is 1.00. The van der Waals surface area contributed by atoms with Crippen molar-refractivity contribution in [3.63, 3.8) is 0 Å². The smallest absolute Gasteiger partial charge is 0.300 e. The molecular weight excluding hydrogens is 338 g/mol. The van der Waals surface area contributed by atoms with Crippen LogP contribution in [0.5, 0.6) is 0 Å². The molecule has 1 rings (SSSR count). The summed E-state index contributed by atoms with van der Waals surface area (Å²) in [5.41, 5.74) is 4.84. The van der Waals surface area contributed by atoms with Gasteiger partial charge in [0.25, 0.3) is 15.7 Å². The maximum absolute atomic E-state index is 12.6. The van der Waals surface area contributed by atoms with Crippen molar-refractivity contribution in [1.82, 2.24) is 4.31 Å². The lowest BCUT2D eigenvalue weighted by molar-refractivity contribution is -0.384. The molecule has 0 aliphatic rings. The van der Waals surface area contributed by atoms with Gasteiger partial charge in [0.15, 0.2) is 4.34 Å². The van der Waals surface area contributed by atoms with Gasteiger partial charge >= 0.3 is 0 Å². The minimum absolute atomic E-state index is 0.131. The van der Waals surface area contributed by atoms with Crippen LogP contribution in [0.2, 0.25) is 4.34 Å². The van der Waals surface area contributed by atoms with Gasteiger partial charge in [-0.2, -0.15) is 4.31 Å². The average molecular weight is 356 g/mol. The van der Waals surface area contributed by atoms with E-state index in [1.807, 2.05) is 13.8 Å². The van der Waals surface area contributed by atoms with Gasteiger partial charge in [0.2, 0.25) is 0 Å². The normalized spacial score (nSPS) is 12.9. The Labute approximate surface area is 132 Å². The third-order valence-corrected chi connectivity index (χ3v) is 6.65. The van der Waals surface area contributed by atoms with Gasteiger partial charge in [-0.05, 0) is 12.0 Å². The molecule has 0 amide bonds. The number of hydrogen-bond acceptors (Lipinski definition) is 6. The van der Waals surface area contributed by atoms with Crippen LogP contribution in [0, 0.1) is 15.5 Å². The number of nitrogens with two attached hydrogens (primary N) is 1. The molecule has 0 bridgehead atoms. The molecule has 0 saturated heterocycles. The highest BCUT2D eigenvalue weighted by molar-refractivity contribution is 7.91. The highest BCUT2D eigenvalue weighted by Gasteiger charge is 2.32. The van der Waals surface area contributed by atoms with E-state index in [2.05, 4.69) is 0 Å². The SMILES string of the molecule is CCN(CC(C)(C)CN)S(=O)(=O)c1cc([N+](=O)[O-])c(Cl)s1. The summed E-state index contributed by atoms with van der Waals surface area (Å²) in [5.74, 6) is 0. The fourth-order valence-electron chi connectivity index (χ4n) is 1.63. The number of nitro groups is 1. The summed E-state index contributed by atoms with van der Waals surface area (Å²) in [7, 11) is -3.82. The molecular formula is C11H18ClN3O4S2. The van der Waals surface area contributed by atoms with E-state index in [4.69, 9.17) is 17.3 Å². The van der Waals surface area contributed by atoms with Crippen LogP contribution in [0.1, 0.15) is 20.8 Å². The summed E-state index contributed by atoms with van der Waals surface area (Å²) in [5, 5.41) is 10.8. The predicted molar refractivity (Wildman–Crippen MR) is 83.3 cm³/mol. The lowest BCUT2D eigenvalue weighted by atomic mass is 9.94. The molecule has 21 heavy (non-hydrogen) atoms. The lowest BCUT2D eigenvalue weighted by Crippen LogP contribution is -2.41. The molecule has 0 aliphatic carbocycles. The Morgan fingerprint density at radius 3 is 2.48 bits per heavy atom. The molecule has 0 fully saturated rings. The Hall–Kier alpha value is -0.740.